The van der Waals surface area contributed by atoms with Crippen molar-refractivity contribution >= 4 is 45.4 Å². The standard InChI is InChI=1S/C24H24IN3/c1-15-13-16(2)24(17(3)14-15)27-19(5)22-12-8-11-21(28-22)18(4)26-23-10-7-6-9-20(23)25/h6-14H,1-5H3/b26-18+,27-19+. The Morgan fingerprint density at radius 3 is 1.96 bits per heavy atom. The van der Waals surface area contributed by atoms with E-state index in [4.69, 9.17) is 15.0 Å². The van der Waals surface area contributed by atoms with Crippen LogP contribution in [0.25, 0.3) is 0 Å². The Hall–Kier alpha value is -2.34. The lowest BCUT2D eigenvalue weighted by Crippen LogP contribution is -2.05. The molecule has 0 radical (unpaired) electrons. The molecule has 0 bridgehead atoms. The van der Waals surface area contributed by atoms with Crippen molar-refractivity contribution in [2.45, 2.75) is 34.6 Å². The van der Waals surface area contributed by atoms with Crippen LogP contribution in [0.15, 0.2) is 64.6 Å². The number of aliphatic imine (C=N–C) groups is 2. The molecule has 1 heterocycles. The Kier molecular flexibility index (Phi) is 6.39. The van der Waals surface area contributed by atoms with E-state index in [1.807, 2.05) is 50.2 Å². The summed E-state index contributed by atoms with van der Waals surface area (Å²) in [7, 11) is 0. The van der Waals surface area contributed by atoms with Crippen molar-refractivity contribution in [2.75, 3.05) is 0 Å². The maximum atomic E-state index is 4.88. The summed E-state index contributed by atoms with van der Waals surface area (Å²) in [5.41, 5.74) is 9.14. The van der Waals surface area contributed by atoms with Crippen LogP contribution in [0, 0.1) is 24.3 Å². The first-order valence-electron chi connectivity index (χ1n) is 9.26. The highest BCUT2D eigenvalue weighted by molar-refractivity contribution is 14.1. The average molecular weight is 481 g/mol. The minimum absolute atomic E-state index is 0.865. The van der Waals surface area contributed by atoms with Gasteiger partial charge in [-0.1, -0.05) is 35.9 Å². The van der Waals surface area contributed by atoms with Crippen molar-refractivity contribution in [3.63, 3.8) is 0 Å². The Labute approximate surface area is 180 Å². The van der Waals surface area contributed by atoms with Gasteiger partial charge in [-0.3, -0.25) is 9.98 Å². The molecule has 0 atom stereocenters. The molecule has 0 saturated carbocycles. The number of nitrogens with zero attached hydrogens (tertiary/aromatic N) is 3. The van der Waals surface area contributed by atoms with Crippen LogP contribution in [-0.4, -0.2) is 16.4 Å². The molecular weight excluding hydrogens is 457 g/mol. The second-order valence-corrected chi connectivity index (χ2v) is 8.16. The largest absolute Gasteiger partial charge is 0.251 e. The molecular formula is C24H24IN3. The highest BCUT2D eigenvalue weighted by Gasteiger charge is 2.08. The molecule has 0 N–H and O–H groups in total. The van der Waals surface area contributed by atoms with Crippen molar-refractivity contribution in [3.8, 4) is 0 Å². The van der Waals surface area contributed by atoms with Gasteiger partial charge in [0.05, 0.1) is 34.2 Å². The van der Waals surface area contributed by atoms with Gasteiger partial charge in [0.2, 0.25) is 0 Å². The SMILES string of the molecule is C/C(=N\c1ccccc1I)c1cccc(/C(C)=N/c2c(C)cc(C)cc2C)n1. The van der Waals surface area contributed by atoms with Gasteiger partial charge in [0.15, 0.2) is 0 Å². The predicted molar refractivity (Wildman–Crippen MR) is 128 cm³/mol. The molecule has 0 fully saturated rings. The minimum atomic E-state index is 0.865. The third-order valence-electron chi connectivity index (χ3n) is 4.55. The summed E-state index contributed by atoms with van der Waals surface area (Å²) >= 11 is 2.30. The molecule has 1 aromatic heterocycles. The topological polar surface area (TPSA) is 37.6 Å². The van der Waals surface area contributed by atoms with Crippen LogP contribution in [0.5, 0.6) is 0 Å². The van der Waals surface area contributed by atoms with Crippen LogP contribution in [0.2, 0.25) is 0 Å². The van der Waals surface area contributed by atoms with E-state index in [9.17, 15) is 0 Å². The number of aromatic nitrogens is 1. The van der Waals surface area contributed by atoms with Crippen molar-refractivity contribution in [3.05, 3.63) is 86.2 Å². The van der Waals surface area contributed by atoms with E-state index in [0.29, 0.717) is 0 Å². The molecule has 0 spiro atoms. The van der Waals surface area contributed by atoms with E-state index in [1.165, 1.54) is 16.7 Å². The molecule has 28 heavy (non-hydrogen) atoms. The van der Waals surface area contributed by atoms with Gasteiger partial charge in [0, 0.05) is 3.57 Å². The normalized spacial score (nSPS) is 12.4. The molecule has 0 aliphatic heterocycles. The average Bonchev–Trinajstić information content (AvgIpc) is 2.66. The van der Waals surface area contributed by atoms with E-state index in [-0.39, 0.29) is 0 Å². The molecule has 0 unspecified atom stereocenters. The van der Waals surface area contributed by atoms with Crippen LogP contribution in [-0.2, 0) is 0 Å². The number of para-hydroxylation sites is 1. The minimum Gasteiger partial charge on any atom is -0.251 e. The van der Waals surface area contributed by atoms with E-state index < -0.39 is 0 Å². The lowest BCUT2D eigenvalue weighted by atomic mass is 10.1. The van der Waals surface area contributed by atoms with Crippen molar-refractivity contribution < 1.29 is 0 Å². The quantitative estimate of drug-likeness (QED) is 0.295. The smallest absolute Gasteiger partial charge is 0.0849 e. The zero-order valence-electron chi connectivity index (χ0n) is 16.9. The van der Waals surface area contributed by atoms with Crippen LogP contribution in [0.3, 0.4) is 0 Å². The van der Waals surface area contributed by atoms with Gasteiger partial charge < -0.3 is 0 Å². The number of aryl methyl sites for hydroxylation is 3. The van der Waals surface area contributed by atoms with Crippen LogP contribution in [0.1, 0.15) is 41.9 Å². The van der Waals surface area contributed by atoms with Gasteiger partial charge >= 0.3 is 0 Å². The Bertz CT molecular complexity index is 1060. The first-order chi connectivity index (χ1) is 13.3. The zero-order valence-corrected chi connectivity index (χ0v) is 19.1. The summed E-state index contributed by atoms with van der Waals surface area (Å²) in [5.74, 6) is 0. The lowest BCUT2D eigenvalue weighted by molar-refractivity contribution is 1.23. The maximum Gasteiger partial charge on any atom is 0.0849 e. The van der Waals surface area contributed by atoms with Crippen molar-refractivity contribution in [2.24, 2.45) is 9.98 Å². The molecule has 0 saturated heterocycles. The molecule has 142 valence electrons. The third kappa shape index (κ3) is 4.73. The second-order valence-electron chi connectivity index (χ2n) is 7.00. The Balaban J connectivity index is 1.96. The number of hydrogen-bond acceptors (Lipinski definition) is 3. The van der Waals surface area contributed by atoms with Gasteiger partial charge in [-0.05, 0) is 92.6 Å². The van der Waals surface area contributed by atoms with E-state index in [0.717, 1.165) is 37.8 Å². The molecule has 3 nitrogen and oxygen atoms in total. The fourth-order valence-corrected chi connectivity index (χ4v) is 3.70. The molecule has 0 aliphatic carbocycles. The molecule has 4 heteroatoms. The van der Waals surface area contributed by atoms with E-state index in [1.54, 1.807) is 0 Å². The number of benzene rings is 2. The summed E-state index contributed by atoms with van der Waals surface area (Å²) in [6, 6.07) is 18.4. The molecule has 3 rings (SSSR count). The van der Waals surface area contributed by atoms with Crippen molar-refractivity contribution in [1.29, 1.82) is 0 Å². The first-order valence-corrected chi connectivity index (χ1v) is 10.3. The summed E-state index contributed by atoms with van der Waals surface area (Å²) < 4.78 is 1.12. The number of halogens is 1. The molecule has 3 aromatic rings. The summed E-state index contributed by atoms with van der Waals surface area (Å²) in [6.07, 6.45) is 0. The van der Waals surface area contributed by atoms with Crippen molar-refractivity contribution in [1.82, 2.24) is 4.98 Å². The molecule has 0 amide bonds. The Morgan fingerprint density at radius 2 is 1.36 bits per heavy atom. The van der Waals surface area contributed by atoms with E-state index >= 15 is 0 Å². The monoisotopic (exact) mass is 481 g/mol. The van der Waals surface area contributed by atoms with Crippen LogP contribution in [0.4, 0.5) is 11.4 Å². The molecule has 2 aromatic carbocycles. The third-order valence-corrected chi connectivity index (χ3v) is 5.46. The summed E-state index contributed by atoms with van der Waals surface area (Å²) in [4.78, 5) is 14.4. The van der Waals surface area contributed by atoms with Gasteiger partial charge in [0.1, 0.15) is 0 Å². The van der Waals surface area contributed by atoms with Gasteiger partial charge in [-0.15, -0.1) is 0 Å². The highest BCUT2D eigenvalue weighted by Crippen LogP contribution is 2.26. The number of hydrogen-bond donors (Lipinski definition) is 0. The van der Waals surface area contributed by atoms with E-state index in [2.05, 4.69) is 61.6 Å². The van der Waals surface area contributed by atoms with Gasteiger partial charge in [0.25, 0.3) is 0 Å². The van der Waals surface area contributed by atoms with Gasteiger partial charge in [-0.25, -0.2) is 4.98 Å². The zero-order chi connectivity index (χ0) is 20.3. The first kappa shape index (κ1) is 20.4. The fourth-order valence-electron chi connectivity index (χ4n) is 3.19. The summed E-state index contributed by atoms with van der Waals surface area (Å²) in [5, 5.41) is 0. The second kappa shape index (κ2) is 8.78. The predicted octanol–water partition coefficient (Wildman–Crippen LogP) is 6.89. The Morgan fingerprint density at radius 1 is 0.786 bits per heavy atom. The summed E-state index contributed by atoms with van der Waals surface area (Å²) in [6.45, 7) is 10.3. The molecule has 0 aliphatic rings. The fraction of sp³-hybridized carbons (Fsp3) is 0.208. The van der Waals surface area contributed by atoms with Crippen LogP contribution < -0.4 is 0 Å². The van der Waals surface area contributed by atoms with Gasteiger partial charge in [-0.2, -0.15) is 0 Å². The highest BCUT2D eigenvalue weighted by atomic mass is 127. The number of pyridine rings is 1. The van der Waals surface area contributed by atoms with Crippen LogP contribution >= 0.6 is 22.6 Å². The lowest BCUT2D eigenvalue weighted by Gasteiger charge is -2.09. The maximum absolute atomic E-state index is 4.88. The number of rotatable bonds is 4.